The Morgan fingerprint density at radius 1 is 1.25 bits per heavy atom. The van der Waals surface area contributed by atoms with Crippen molar-refractivity contribution in [2.24, 2.45) is 0 Å². The van der Waals surface area contributed by atoms with Gasteiger partial charge >= 0.3 is 0 Å². The lowest BCUT2D eigenvalue weighted by Crippen LogP contribution is -2.30. The van der Waals surface area contributed by atoms with Gasteiger partial charge in [0.25, 0.3) is 11.6 Å². The average Bonchev–Trinajstić information content (AvgIpc) is 2.52. The number of nitro groups is 1. The number of non-ortho nitro benzene ring substituents is 1. The van der Waals surface area contributed by atoms with Gasteiger partial charge in [-0.15, -0.1) is 0 Å². The molecule has 2 aromatic carbocycles. The van der Waals surface area contributed by atoms with Gasteiger partial charge in [-0.25, -0.2) is 0 Å². The molecule has 0 saturated carbocycles. The number of anilines is 1. The van der Waals surface area contributed by atoms with Crippen LogP contribution in [0.4, 0.5) is 11.4 Å². The summed E-state index contributed by atoms with van der Waals surface area (Å²) in [6, 6.07) is 9.59. The Balaban J connectivity index is 2.09. The van der Waals surface area contributed by atoms with Crippen LogP contribution in [0.15, 0.2) is 36.4 Å². The molecule has 2 aromatic rings. The first-order valence-corrected chi connectivity index (χ1v) is 7.64. The second-order valence-electron chi connectivity index (χ2n) is 5.44. The molecule has 0 aromatic heterocycles. The van der Waals surface area contributed by atoms with Crippen molar-refractivity contribution in [3.63, 3.8) is 0 Å². The topological polar surface area (TPSA) is 81.5 Å². The Kier molecular flexibility index (Phi) is 5.41. The van der Waals surface area contributed by atoms with Gasteiger partial charge in [-0.2, -0.15) is 0 Å². The highest BCUT2D eigenvalue weighted by Crippen LogP contribution is 2.29. The van der Waals surface area contributed by atoms with Crippen molar-refractivity contribution < 1.29 is 14.5 Å². The lowest BCUT2D eigenvalue weighted by molar-refractivity contribution is -0.384. The molecule has 0 heterocycles. The van der Waals surface area contributed by atoms with Crippen LogP contribution in [0, 0.1) is 24.0 Å². The third-order valence-corrected chi connectivity index (χ3v) is 3.75. The van der Waals surface area contributed by atoms with Gasteiger partial charge in [0.2, 0.25) is 0 Å². The average molecular weight is 349 g/mol. The molecule has 0 fully saturated rings. The SMILES string of the molecule is Cc1ccc(C)c(NC(=O)C(C)Oc2ccc([N+](=O)[O-])cc2Cl)c1. The fourth-order valence-electron chi connectivity index (χ4n) is 2.05. The third-order valence-electron chi connectivity index (χ3n) is 3.45. The highest BCUT2D eigenvalue weighted by molar-refractivity contribution is 6.32. The molecule has 6 nitrogen and oxygen atoms in total. The van der Waals surface area contributed by atoms with Gasteiger partial charge in [-0.3, -0.25) is 14.9 Å². The van der Waals surface area contributed by atoms with Crippen molar-refractivity contribution in [2.75, 3.05) is 5.32 Å². The van der Waals surface area contributed by atoms with Crippen molar-refractivity contribution in [3.8, 4) is 5.75 Å². The predicted octanol–water partition coefficient (Wildman–Crippen LogP) is 4.27. The summed E-state index contributed by atoms with van der Waals surface area (Å²) in [6.07, 6.45) is -0.816. The number of nitrogens with zero attached hydrogens (tertiary/aromatic N) is 1. The van der Waals surface area contributed by atoms with Crippen LogP contribution < -0.4 is 10.1 Å². The second-order valence-corrected chi connectivity index (χ2v) is 5.85. The van der Waals surface area contributed by atoms with E-state index in [1.165, 1.54) is 18.2 Å². The molecule has 0 saturated heterocycles. The fourth-order valence-corrected chi connectivity index (χ4v) is 2.27. The zero-order valence-electron chi connectivity index (χ0n) is 13.5. The summed E-state index contributed by atoms with van der Waals surface area (Å²) in [5, 5.41) is 13.6. The summed E-state index contributed by atoms with van der Waals surface area (Å²) in [5.74, 6) is -0.121. The number of nitro benzene ring substituents is 1. The molecule has 126 valence electrons. The van der Waals surface area contributed by atoms with Crippen LogP contribution in [0.25, 0.3) is 0 Å². The Morgan fingerprint density at radius 3 is 2.58 bits per heavy atom. The Hall–Kier alpha value is -2.60. The maximum Gasteiger partial charge on any atom is 0.271 e. The summed E-state index contributed by atoms with van der Waals surface area (Å²) in [6.45, 7) is 5.41. The van der Waals surface area contributed by atoms with E-state index < -0.39 is 11.0 Å². The maximum absolute atomic E-state index is 12.3. The maximum atomic E-state index is 12.3. The molecule has 7 heteroatoms. The molecule has 0 bridgehead atoms. The lowest BCUT2D eigenvalue weighted by Gasteiger charge is -2.16. The number of hydrogen-bond donors (Lipinski definition) is 1. The molecular weight excluding hydrogens is 332 g/mol. The first kappa shape index (κ1) is 17.7. The second kappa shape index (κ2) is 7.31. The van der Waals surface area contributed by atoms with E-state index >= 15 is 0 Å². The minimum Gasteiger partial charge on any atom is -0.479 e. The molecular formula is C17H17ClN2O4. The molecule has 1 atom stereocenters. The number of carbonyl (C=O) groups excluding carboxylic acids is 1. The van der Waals surface area contributed by atoms with E-state index in [9.17, 15) is 14.9 Å². The van der Waals surface area contributed by atoms with Gasteiger partial charge in [0.1, 0.15) is 5.75 Å². The van der Waals surface area contributed by atoms with Gasteiger partial charge < -0.3 is 10.1 Å². The molecule has 0 aliphatic carbocycles. The molecule has 1 unspecified atom stereocenters. The smallest absolute Gasteiger partial charge is 0.271 e. The van der Waals surface area contributed by atoms with E-state index in [4.69, 9.17) is 16.3 Å². The summed E-state index contributed by atoms with van der Waals surface area (Å²) in [4.78, 5) is 22.4. The quantitative estimate of drug-likeness (QED) is 0.646. The van der Waals surface area contributed by atoms with Crippen LogP contribution in [-0.4, -0.2) is 16.9 Å². The molecule has 1 amide bonds. The van der Waals surface area contributed by atoms with Crippen molar-refractivity contribution in [2.45, 2.75) is 26.9 Å². The predicted molar refractivity (Wildman–Crippen MR) is 92.7 cm³/mol. The van der Waals surface area contributed by atoms with E-state index in [-0.39, 0.29) is 22.4 Å². The molecule has 0 aliphatic heterocycles. The molecule has 0 radical (unpaired) electrons. The molecule has 0 aliphatic rings. The number of halogens is 1. The number of rotatable bonds is 5. The zero-order chi connectivity index (χ0) is 17.9. The molecule has 0 spiro atoms. The highest BCUT2D eigenvalue weighted by Gasteiger charge is 2.18. The van der Waals surface area contributed by atoms with Crippen LogP contribution in [0.3, 0.4) is 0 Å². The van der Waals surface area contributed by atoms with Gasteiger partial charge in [0, 0.05) is 17.8 Å². The number of carbonyl (C=O) groups is 1. The Morgan fingerprint density at radius 2 is 1.96 bits per heavy atom. The van der Waals surface area contributed by atoms with Crippen LogP contribution in [0.2, 0.25) is 5.02 Å². The van der Waals surface area contributed by atoms with Crippen LogP contribution in [0.1, 0.15) is 18.1 Å². The largest absolute Gasteiger partial charge is 0.479 e. The van der Waals surface area contributed by atoms with Crippen molar-refractivity contribution in [1.29, 1.82) is 0 Å². The standard InChI is InChI=1S/C17H17ClN2O4/c1-10-4-5-11(2)15(8-10)19-17(21)12(3)24-16-7-6-13(20(22)23)9-14(16)18/h4-9,12H,1-3H3,(H,19,21). The zero-order valence-corrected chi connectivity index (χ0v) is 14.3. The van der Waals surface area contributed by atoms with Gasteiger partial charge in [0.15, 0.2) is 6.10 Å². The van der Waals surface area contributed by atoms with Crippen molar-refractivity contribution >= 4 is 28.9 Å². The lowest BCUT2D eigenvalue weighted by atomic mass is 10.1. The number of amides is 1. The van der Waals surface area contributed by atoms with Gasteiger partial charge in [-0.1, -0.05) is 23.7 Å². The highest BCUT2D eigenvalue weighted by atomic mass is 35.5. The van der Waals surface area contributed by atoms with Crippen molar-refractivity contribution in [3.05, 3.63) is 62.7 Å². The molecule has 1 N–H and O–H groups in total. The van der Waals surface area contributed by atoms with Crippen LogP contribution >= 0.6 is 11.6 Å². The van der Waals surface area contributed by atoms with E-state index in [2.05, 4.69) is 5.32 Å². The Labute approximate surface area is 144 Å². The number of aryl methyl sites for hydroxylation is 2. The minimum atomic E-state index is -0.816. The van der Waals surface area contributed by atoms with Gasteiger partial charge in [-0.05, 0) is 44.0 Å². The summed E-state index contributed by atoms with van der Waals surface area (Å²) in [7, 11) is 0. The number of hydrogen-bond acceptors (Lipinski definition) is 4. The number of ether oxygens (including phenoxy) is 1. The van der Waals surface area contributed by atoms with Crippen molar-refractivity contribution in [1.82, 2.24) is 0 Å². The molecule has 2 rings (SSSR count). The van der Waals surface area contributed by atoms with Gasteiger partial charge in [0.05, 0.1) is 9.95 Å². The van der Waals surface area contributed by atoms with E-state index in [1.807, 2.05) is 32.0 Å². The first-order valence-electron chi connectivity index (χ1n) is 7.26. The van der Waals surface area contributed by atoms with E-state index in [0.717, 1.165) is 11.1 Å². The number of benzene rings is 2. The summed E-state index contributed by atoms with van der Waals surface area (Å²) < 4.78 is 5.52. The van der Waals surface area contributed by atoms with E-state index in [1.54, 1.807) is 6.92 Å². The van der Waals surface area contributed by atoms with Crippen LogP contribution in [0.5, 0.6) is 5.75 Å². The number of nitrogens with one attached hydrogen (secondary N) is 1. The first-order chi connectivity index (χ1) is 11.3. The minimum absolute atomic E-state index is 0.0792. The summed E-state index contributed by atoms with van der Waals surface area (Å²) >= 11 is 5.97. The summed E-state index contributed by atoms with van der Waals surface area (Å²) in [5.41, 5.74) is 2.54. The normalized spacial score (nSPS) is 11.7. The fraction of sp³-hybridized carbons (Fsp3) is 0.235. The van der Waals surface area contributed by atoms with Crippen LogP contribution in [-0.2, 0) is 4.79 Å². The Bertz CT molecular complexity index is 792. The monoisotopic (exact) mass is 348 g/mol. The molecule has 24 heavy (non-hydrogen) atoms. The third kappa shape index (κ3) is 4.23. The van der Waals surface area contributed by atoms with E-state index in [0.29, 0.717) is 5.69 Å².